The van der Waals surface area contributed by atoms with Gasteiger partial charge in [0, 0.05) is 0 Å². The van der Waals surface area contributed by atoms with Gasteiger partial charge in [0.1, 0.15) is 0 Å². The zero-order chi connectivity index (χ0) is 7.21. The summed E-state index contributed by atoms with van der Waals surface area (Å²) in [5.74, 6) is 4.60. The fourth-order valence-electron chi connectivity index (χ4n) is 0. The highest BCUT2D eigenvalue weighted by molar-refractivity contribution is 7.79. The summed E-state index contributed by atoms with van der Waals surface area (Å²) >= 11 is 0. The lowest BCUT2D eigenvalue weighted by atomic mass is 11.5. The van der Waals surface area contributed by atoms with Crippen molar-refractivity contribution >= 4 is 10.4 Å². The molecule has 0 bridgehead atoms. The molecule has 0 atom stereocenters. The van der Waals surface area contributed by atoms with Crippen LogP contribution in [0.15, 0.2) is 0 Å². The zero-order valence-electron chi connectivity index (χ0n) is 4.20. The molecule has 0 heterocycles. The molecule has 0 fully saturated rings. The van der Waals surface area contributed by atoms with Crippen molar-refractivity contribution in [1.82, 2.24) is 5.43 Å². The first-order valence-corrected chi connectivity index (χ1v) is 2.88. The molecule has 0 amide bonds. The number of hydrazine groups is 1. The maximum absolute atomic E-state index is 8.74. The summed E-state index contributed by atoms with van der Waals surface area (Å²) in [6, 6.07) is 0. The largest absolute Gasteiger partial charge is 0.394 e. The summed E-state index contributed by atoms with van der Waals surface area (Å²) in [5, 5.41) is 0. The molecule has 8 heavy (non-hydrogen) atoms. The molecule has 0 spiro atoms. The fourth-order valence-corrected chi connectivity index (χ4v) is 0. The predicted molar refractivity (Wildman–Crippen MR) is 27.4 cm³/mol. The van der Waals surface area contributed by atoms with Crippen LogP contribution in [0.1, 0.15) is 0 Å². The molecule has 0 aromatic rings. The molecule has 0 aromatic carbocycles. The van der Waals surface area contributed by atoms with E-state index in [2.05, 4.69) is 11.3 Å². The minimum absolute atomic E-state index is 1.65. The minimum Gasteiger partial charge on any atom is -0.272 e. The SMILES string of the molecule is CNN.O=S(=O)(O)O. The topological polar surface area (TPSA) is 113 Å². The van der Waals surface area contributed by atoms with Crippen molar-refractivity contribution in [1.29, 1.82) is 0 Å². The predicted octanol–water partition coefficient (Wildman–Crippen LogP) is -1.57. The van der Waals surface area contributed by atoms with Crippen LogP contribution in [0, 0.1) is 0 Å². The van der Waals surface area contributed by atoms with Gasteiger partial charge >= 0.3 is 10.4 Å². The van der Waals surface area contributed by atoms with Crippen LogP contribution >= 0.6 is 0 Å². The molecule has 0 saturated carbocycles. The van der Waals surface area contributed by atoms with E-state index >= 15 is 0 Å². The first kappa shape index (κ1) is 10.7. The Labute approximate surface area is 47.2 Å². The van der Waals surface area contributed by atoms with Gasteiger partial charge in [0.15, 0.2) is 0 Å². The molecule has 0 aromatic heterocycles. The molecule has 0 aliphatic carbocycles. The molecule has 6 nitrogen and oxygen atoms in total. The van der Waals surface area contributed by atoms with Crippen molar-refractivity contribution in [2.75, 3.05) is 7.05 Å². The summed E-state index contributed by atoms with van der Waals surface area (Å²) in [5.41, 5.74) is 2.25. The van der Waals surface area contributed by atoms with E-state index < -0.39 is 10.4 Å². The molecule has 0 aliphatic rings. The van der Waals surface area contributed by atoms with E-state index in [0.717, 1.165) is 0 Å². The summed E-state index contributed by atoms with van der Waals surface area (Å²) in [6.07, 6.45) is 0. The molecular formula is CH8N2O4S. The number of hydrogen-bond acceptors (Lipinski definition) is 4. The van der Waals surface area contributed by atoms with E-state index in [0.29, 0.717) is 0 Å². The van der Waals surface area contributed by atoms with Crippen LogP contribution in [0.5, 0.6) is 0 Å². The molecular weight excluding hydrogens is 136 g/mol. The quantitative estimate of drug-likeness (QED) is 0.185. The summed E-state index contributed by atoms with van der Waals surface area (Å²) in [7, 11) is -3.01. The molecule has 0 unspecified atom stereocenters. The van der Waals surface area contributed by atoms with Crippen LogP contribution in [0.4, 0.5) is 0 Å². The molecule has 0 radical (unpaired) electrons. The van der Waals surface area contributed by atoms with Crippen LogP contribution in [0.25, 0.3) is 0 Å². The molecule has 0 aliphatic heterocycles. The number of nitrogens with one attached hydrogen (secondary N) is 1. The van der Waals surface area contributed by atoms with Gasteiger partial charge in [-0.1, -0.05) is 0 Å². The van der Waals surface area contributed by atoms with E-state index in [4.69, 9.17) is 17.5 Å². The average molecular weight is 144 g/mol. The standard InChI is InChI=1S/CH6N2.H2O4S/c1-3-2;1-5(2,3)4/h3H,2H2,1H3;(H2,1,2,3,4). The third kappa shape index (κ3) is 3010. The van der Waals surface area contributed by atoms with Crippen LogP contribution in [0.2, 0.25) is 0 Å². The zero-order valence-corrected chi connectivity index (χ0v) is 5.01. The van der Waals surface area contributed by atoms with E-state index in [1.54, 1.807) is 7.05 Å². The highest BCUT2D eigenvalue weighted by Gasteiger charge is 1.84. The summed E-state index contributed by atoms with van der Waals surface area (Å²) in [4.78, 5) is 0. The Morgan fingerprint density at radius 2 is 1.50 bits per heavy atom. The van der Waals surface area contributed by atoms with Gasteiger partial charge in [0.2, 0.25) is 0 Å². The van der Waals surface area contributed by atoms with Gasteiger partial charge in [-0.2, -0.15) is 8.42 Å². The molecule has 52 valence electrons. The van der Waals surface area contributed by atoms with Crippen LogP contribution in [-0.4, -0.2) is 24.6 Å². The number of hydrogen-bond donors (Lipinski definition) is 4. The van der Waals surface area contributed by atoms with Gasteiger partial charge < -0.3 is 0 Å². The van der Waals surface area contributed by atoms with Crippen molar-refractivity contribution in [3.8, 4) is 0 Å². The van der Waals surface area contributed by atoms with Gasteiger partial charge in [-0.3, -0.25) is 20.4 Å². The maximum Gasteiger partial charge on any atom is 0.394 e. The molecule has 0 rings (SSSR count). The lowest BCUT2D eigenvalue weighted by Crippen LogP contribution is -2.13. The van der Waals surface area contributed by atoms with Crippen molar-refractivity contribution < 1.29 is 17.5 Å². The second-order valence-corrected chi connectivity index (χ2v) is 1.63. The van der Waals surface area contributed by atoms with Gasteiger partial charge in [-0.15, -0.1) is 0 Å². The Kier molecular flexibility index (Phi) is 6.61. The van der Waals surface area contributed by atoms with E-state index in [9.17, 15) is 0 Å². The second kappa shape index (κ2) is 4.94. The Morgan fingerprint density at radius 3 is 1.50 bits per heavy atom. The third-order valence-corrected chi connectivity index (χ3v) is 0. The Hall–Kier alpha value is -0.210. The average Bonchev–Trinajstić information content (AvgIpc) is 1.27. The first-order valence-electron chi connectivity index (χ1n) is 1.49. The van der Waals surface area contributed by atoms with Crippen molar-refractivity contribution in [2.45, 2.75) is 0 Å². The fraction of sp³-hybridized carbons (Fsp3) is 1.00. The lowest BCUT2D eigenvalue weighted by molar-refractivity contribution is 0.381. The Morgan fingerprint density at radius 1 is 1.50 bits per heavy atom. The van der Waals surface area contributed by atoms with Crippen molar-refractivity contribution in [3.05, 3.63) is 0 Å². The summed E-state index contributed by atoms with van der Waals surface area (Å²) < 4.78 is 31.6. The van der Waals surface area contributed by atoms with Gasteiger partial charge in [-0.05, 0) is 7.05 Å². The third-order valence-electron chi connectivity index (χ3n) is 0. The van der Waals surface area contributed by atoms with Crippen molar-refractivity contribution in [3.63, 3.8) is 0 Å². The minimum atomic E-state index is -4.67. The highest BCUT2D eigenvalue weighted by atomic mass is 32.3. The van der Waals surface area contributed by atoms with E-state index in [1.807, 2.05) is 0 Å². The summed E-state index contributed by atoms with van der Waals surface area (Å²) in [6.45, 7) is 0. The van der Waals surface area contributed by atoms with Crippen LogP contribution in [-0.2, 0) is 10.4 Å². The van der Waals surface area contributed by atoms with Gasteiger partial charge in [-0.25, -0.2) is 0 Å². The van der Waals surface area contributed by atoms with Gasteiger partial charge in [0.25, 0.3) is 0 Å². The second-order valence-electron chi connectivity index (χ2n) is 0.737. The molecule has 7 heteroatoms. The van der Waals surface area contributed by atoms with Gasteiger partial charge in [0.05, 0.1) is 0 Å². The smallest absolute Gasteiger partial charge is 0.272 e. The molecule has 5 N–H and O–H groups in total. The Balaban J connectivity index is 0. The normalized spacial score (nSPS) is 9.50. The number of nitrogens with two attached hydrogens (primary N) is 1. The van der Waals surface area contributed by atoms with Crippen LogP contribution < -0.4 is 11.3 Å². The van der Waals surface area contributed by atoms with Crippen LogP contribution in [0.3, 0.4) is 0 Å². The lowest BCUT2D eigenvalue weighted by Gasteiger charge is -1.68. The van der Waals surface area contributed by atoms with Crippen molar-refractivity contribution in [2.24, 2.45) is 5.84 Å². The maximum atomic E-state index is 8.74. The first-order chi connectivity index (χ1) is 3.41. The van der Waals surface area contributed by atoms with E-state index in [1.165, 1.54) is 0 Å². The Bertz CT molecular complexity index is 108. The monoisotopic (exact) mass is 144 g/mol. The molecule has 0 saturated heterocycles. The van der Waals surface area contributed by atoms with E-state index in [-0.39, 0.29) is 0 Å². The highest BCUT2D eigenvalue weighted by Crippen LogP contribution is 1.59. The number of rotatable bonds is 0.